The van der Waals surface area contributed by atoms with Gasteiger partial charge in [0.1, 0.15) is 5.75 Å². The van der Waals surface area contributed by atoms with Gasteiger partial charge < -0.3 is 10.1 Å². The number of nitrogens with one attached hydrogen (secondary N) is 1. The van der Waals surface area contributed by atoms with Crippen LogP contribution in [-0.4, -0.2) is 51.8 Å². The number of amides is 1. The van der Waals surface area contributed by atoms with Crippen LogP contribution in [0, 0.1) is 0 Å². The highest BCUT2D eigenvalue weighted by Gasteiger charge is 2.17. The monoisotopic (exact) mass is 482 g/mol. The fourth-order valence-corrected chi connectivity index (χ4v) is 4.80. The molecule has 0 aliphatic rings. The third-order valence-corrected chi connectivity index (χ3v) is 6.67. The number of rotatable bonds is 11. The van der Waals surface area contributed by atoms with E-state index in [0.717, 1.165) is 17.9 Å². The van der Waals surface area contributed by atoms with Gasteiger partial charge in [-0.1, -0.05) is 36.0 Å². The molecule has 34 heavy (non-hydrogen) atoms. The van der Waals surface area contributed by atoms with Gasteiger partial charge in [-0.15, -0.1) is 0 Å². The van der Waals surface area contributed by atoms with Crippen molar-refractivity contribution in [2.24, 2.45) is 0 Å². The zero-order valence-electron chi connectivity index (χ0n) is 20.6. The molecule has 0 unspecified atom stereocenters. The summed E-state index contributed by atoms with van der Waals surface area (Å²) >= 11 is 1.29. The largest absolute Gasteiger partial charge is 0.497 e. The van der Waals surface area contributed by atoms with E-state index >= 15 is 0 Å². The van der Waals surface area contributed by atoms with Gasteiger partial charge in [0.15, 0.2) is 5.16 Å². The molecule has 0 saturated heterocycles. The number of para-hydroxylation sites is 1. The summed E-state index contributed by atoms with van der Waals surface area (Å²) in [6.07, 6.45) is 0. The van der Waals surface area contributed by atoms with Gasteiger partial charge >= 0.3 is 0 Å². The zero-order chi connectivity index (χ0) is 24.7. The predicted octanol–water partition coefficient (Wildman–Crippen LogP) is 3.93. The Morgan fingerprint density at radius 2 is 1.85 bits per heavy atom. The first-order valence-corrected chi connectivity index (χ1v) is 12.6. The molecule has 2 aromatic carbocycles. The molecule has 0 radical (unpaired) electrons. The van der Waals surface area contributed by atoms with Crippen molar-refractivity contribution < 1.29 is 9.53 Å². The minimum absolute atomic E-state index is 0.0719. The number of nitrogens with zero attached hydrogens (tertiary/aromatic N) is 3. The first-order valence-electron chi connectivity index (χ1n) is 11.6. The number of carbonyl (C=O) groups excluding carboxylic acids is 1. The van der Waals surface area contributed by atoms with Crippen molar-refractivity contribution in [2.45, 2.75) is 58.0 Å². The highest BCUT2D eigenvalue weighted by Crippen LogP contribution is 2.19. The minimum atomic E-state index is -0.118. The lowest BCUT2D eigenvalue weighted by molar-refractivity contribution is -0.118. The molecule has 1 heterocycles. The van der Waals surface area contributed by atoms with E-state index in [0.29, 0.717) is 41.2 Å². The van der Waals surface area contributed by atoms with Gasteiger partial charge in [-0.05, 0) is 57.5 Å². The highest BCUT2D eigenvalue weighted by molar-refractivity contribution is 7.99. The van der Waals surface area contributed by atoms with E-state index in [1.807, 2.05) is 42.5 Å². The average molecular weight is 483 g/mol. The summed E-state index contributed by atoms with van der Waals surface area (Å²) in [5.41, 5.74) is 1.53. The molecular weight excluding hydrogens is 448 g/mol. The molecule has 0 aliphatic heterocycles. The molecule has 0 atom stereocenters. The summed E-state index contributed by atoms with van der Waals surface area (Å²) in [6.45, 7) is 10.3. The fraction of sp³-hybridized carbons (Fsp3) is 0.423. The van der Waals surface area contributed by atoms with Crippen molar-refractivity contribution in [3.8, 4) is 5.75 Å². The SMILES string of the molecule is COc1cccc(CNC(=O)CSc2nc3ccccc3c(=O)n2CCN(C(C)C)C(C)C)c1. The number of thioether (sulfide) groups is 1. The number of methoxy groups -OCH3 is 1. The quantitative estimate of drug-likeness (QED) is 0.330. The summed E-state index contributed by atoms with van der Waals surface area (Å²) in [5, 5.41) is 4.09. The Morgan fingerprint density at radius 1 is 1.12 bits per heavy atom. The second-order valence-corrected chi connectivity index (χ2v) is 9.65. The van der Waals surface area contributed by atoms with Crippen molar-refractivity contribution in [1.82, 2.24) is 19.8 Å². The van der Waals surface area contributed by atoms with Crippen LogP contribution < -0.4 is 15.6 Å². The number of hydrogen-bond acceptors (Lipinski definition) is 6. The van der Waals surface area contributed by atoms with Gasteiger partial charge in [-0.3, -0.25) is 19.1 Å². The maximum Gasteiger partial charge on any atom is 0.262 e. The highest BCUT2D eigenvalue weighted by atomic mass is 32.2. The first kappa shape index (κ1) is 25.8. The van der Waals surface area contributed by atoms with Crippen LogP contribution in [0.25, 0.3) is 10.9 Å². The number of ether oxygens (including phenoxy) is 1. The van der Waals surface area contributed by atoms with Crippen molar-refractivity contribution in [2.75, 3.05) is 19.4 Å². The summed E-state index contributed by atoms with van der Waals surface area (Å²) in [7, 11) is 1.62. The van der Waals surface area contributed by atoms with Crippen molar-refractivity contribution in [3.05, 3.63) is 64.4 Å². The Kier molecular flexibility index (Phi) is 9.12. The summed E-state index contributed by atoms with van der Waals surface area (Å²) in [6, 6.07) is 15.7. The van der Waals surface area contributed by atoms with Gasteiger partial charge in [0.25, 0.3) is 5.56 Å². The molecule has 3 aromatic rings. The van der Waals surface area contributed by atoms with E-state index in [-0.39, 0.29) is 17.2 Å². The lowest BCUT2D eigenvalue weighted by Crippen LogP contribution is -2.40. The van der Waals surface area contributed by atoms with E-state index < -0.39 is 0 Å². The van der Waals surface area contributed by atoms with Crippen LogP contribution in [0.5, 0.6) is 5.75 Å². The second-order valence-electron chi connectivity index (χ2n) is 8.71. The fourth-order valence-electron chi connectivity index (χ4n) is 3.95. The number of carbonyl (C=O) groups is 1. The smallest absolute Gasteiger partial charge is 0.262 e. The summed E-state index contributed by atoms with van der Waals surface area (Å²) in [4.78, 5) is 32.9. The normalized spacial score (nSPS) is 11.5. The lowest BCUT2D eigenvalue weighted by Gasteiger charge is -2.30. The van der Waals surface area contributed by atoms with Crippen LogP contribution in [0.3, 0.4) is 0 Å². The van der Waals surface area contributed by atoms with Gasteiger partial charge in [-0.25, -0.2) is 4.98 Å². The van der Waals surface area contributed by atoms with E-state index in [1.165, 1.54) is 11.8 Å². The Morgan fingerprint density at radius 3 is 2.56 bits per heavy atom. The number of benzene rings is 2. The molecule has 1 aromatic heterocycles. The predicted molar refractivity (Wildman–Crippen MR) is 139 cm³/mol. The molecular formula is C26H34N4O3S. The topological polar surface area (TPSA) is 76.5 Å². The molecule has 0 aliphatic carbocycles. The molecule has 8 heteroatoms. The van der Waals surface area contributed by atoms with E-state index in [1.54, 1.807) is 17.7 Å². The summed E-state index contributed by atoms with van der Waals surface area (Å²) < 4.78 is 6.94. The molecule has 182 valence electrons. The Labute approximate surface area is 205 Å². The van der Waals surface area contributed by atoms with Crippen LogP contribution in [0.1, 0.15) is 33.3 Å². The van der Waals surface area contributed by atoms with Crippen molar-refractivity contribution in [3.63, 3.8) is 0 Å². The van der Waals surface area contributed by atoms with E-state index in [9.17, 15) is 9.59 Å². The van der Waals surface area contributed by atoms with Gasteiger partial charge in [0, 0.05) is 31.7 Å². The molecule has 1 amide bonds. The van der Waals surface area contributed by atoms with Gasteiger partial charge in [0.2, 0.25) is 5.91 Å². The van der Waals surface area contributed by atoms with E-state index in [2.05, 4.69) is 37.9 Å². The average Bonchev–Trinajstić information content (AvgIpc) is 2.82. The molecule has 0 saturated carbocycles. The lowest BCUT2D eigenvalue weighted by atomic mass is 10.2. The zero-order valence-corrected chi connectivity index (χ0v) is 21.4. The maximum atomic E-state index is 13.3. The van der Waals surface area contributed by atoms with Crippen LogP contribution in [0.2, 0.25) is 0 Å². The summed E-state index contributed by atoms with van der Waals surface area (Å²) in [5.74, 6) is 0.808. The number of aromatic nitrogens is 2. The molecule has 0 bridgehead atoms. The maximum absolute atomic E-state index is 13.3. The van der Waals surface area contributed by atoms with Crippen molar-refractivity contribution >= 4 is 28.6 Å². The van der Waals surface area contributed by atoms with Crippen LogP contribution in [0.15, 0.2) is 58.5 Å². The Balaban J connectivity index is 1.75. The van der Waals surface area contributed by atoms with E-state index in [4.69, 9.17) is 9.72 Å². The minimum Gasteiger partial charge on any atom is -0.497 e. The molecule has 3 rings (SSSR count). The third kappa shape index (κ3) is 6.61. The Hall–Kier alpha value is -2.84. The van der Waals surface area contributed by atoms with Crippen LogP contribution in [-0.2, 0) is 17.9 Å². The molecule has 0 spiro atoms. The first-order chi connectivity index (χ1) is 16.3. The standard InChI is InChI=1S/C26H34N4O3S/c1-18(2)29(19(3)4)13-14-30-25(32)22-11-6-7-12-23(22)28-26(30)34-17-24(31)27-16-20-9-8-10-21(15-20)33-5/h6-12,15,18-19H,13-14,16-17H2,1-5H3,(H,27,31). The third-order valence-electron chi connectivity index (χ3n) is 5.69. The van der Waals surface area contributed by atoms with Crippen molar-refractivity contribution in [1.29, 1.82) is 0 Å². The van der Waals surface area contributed by atoms with Crippen LogP contribution >= 0.6 is 11.8 Å². The molecule has 1 N–H and O–H groups in total. The van der Waals surface area contributed by atoms with Crippen LogP contribution in [0.4, 0.5) is 0 Å². The Bertz CT molecular complexity index is 1170. The van der Waals surface area contributed by atoms with Gasteiger partial charge in [-0.2, -0.15) is 0 Å². The van der Waals surface area contributed by atoms with Gasteiger partial charge in [0.05, 0.1) is 23.8 Å². The number of fused-ring (bicyclic) bond motifs is 1. The molecule has 7 nitrogen and oxygen atoms in total. The molecule has 0 fully saturated rings. The number of hydrogen-bond donors (Lipinski definition) is 1. The second kappa shape index (κ2) is 12.0.